The fourth-order valence-electron chi connectivity index (χ4n) is 2.27. The van der Waals surface area contributed by atoms with Crippen LogP contribution in [0.3, 0.4) is 0 Å². The molecule has 114 valence electrons. The van der Waals surface area contributed by atoms with Crippen LogP contribution in [0, 0.1) is 0 Å². The zero-order chi connectivity index (χ0) is 15.4. The number of ether oxygens (including phenoxy) is 1. The summed E-state index contributed by atoms with van der Waals surface area (Å²) >= 11 is 3.43. The van der Waals surface area contributed by atoms with Crippen molar-refractivity contribution in [2.45, 2.75) is 18.9 Å². The van der Waals surface area contributed by atoms with Crippen molar-refractivity contribution in [1.82, 2.24) is 4.98 Å². The molecule has 0 aliphatic carbocycles. The number of hydrogen-bond donors (Lipinski definition) is 2. The molecule has 2 heterocycles. The highest BCUT2D eigenvalue weighted by Gasteiger charge is 2.23. The number of benzene rings is 1. The molecule has 0 bridgehead atoms. The summed E-state index contributed by atoms with van der Waals surface area (Å²) in [5.74, 6) is 0.401. The molecule has 3 rings (SSSR count). The molecule has 22 heavy (non-hydrogen) atoms. The molecule has 2 N–H and O–H groups in total. The van der Waals surface area contributed by atoms with Crippen molar-refractivity contribution >= 4 is 39.0 Å². The second kappa shape index (κ2) is 6.89. The van der Waals surface area contributed by atoms with Gasteiger partial charge in [-0.05, 0) is 43.2 Å². The largest absolute Gasteiger partial charge is 0.368 e. The van der Waals surface area contributed by atoms with Gasteiger partial charge in [-0.15, -0.1) is 0 Å². The molecule has 1 fully saturated rings. The summed E-state index contributed by atoms with van der Waals surface area (Å²) < 4.78 is 6.35. The van der Waals surface area contributed by atoms with Crippen LogP contribution in [0.4, 0.5) is 17.2 Å². The number of carbonyl (C=O) groups excluding carboxylic acids is 1. The summed E-state index contributed by atoms with van der Waals surface area (Å²) in [6.07, 6.45) is 3.04. The summed E-state index contributed by atoms with van der Waals surface area (Å²) in [4.78, 5) is 16.2. The molecule has 1 aromatic heterocycles. The van der Waals surface area contributed by atoms with E-state index in [-0.39, 0.29) is 12.0 Å². The second-order valence-corrected chi connectivity index (χ2v) is 5.97. The van der Waals surface area contributed by atoms with Gasteiger partial charge in [-0.3, -0.25) is 4.79 Å². The average molecular weight is 362 g/mol. The van der Waals surface area contributed by atoms with Gasteiger partial charge in [0.15, 0.2) is 0 Å². The van der Waals surface area contributed by atoms with Crippen molar-refractivity contribution in [2.24, 2.45) is 0 Å². The van der Waals surface area contributed by atoms with E-state index in [2.05, 4.69) is 31.5 Å². The van der Waals surface area contributed by atoms with Gasteiger partial charge in [-0.25, -0.2) is 4.98 Å². The van der Waals surface area contributed by atoms with Crippen molar-refractivity contribution in [3.05, 3.63) is 47.1 Å². The maximum atomic E-state index is 11.9. The van der Waals surface area contributed by atoms with Crippen LogP contribution in [-0.2, 0) is 9.53 Å². The number of aromatic nitrogens is 1. The van der Waals surface area contributed by atoms with Gasteiger partial charge in [0, 0.05) is 16.8 Å². The SMILES string of the molecule is O=C(Nc1ccc(Nc2cccc(Br)c2)cn1)C1CCCO1. The third-order valence-corrected chi connectivity index (χ3v) is 3.84. The van der Waals surface area contributed by atoms with Gasteiger partial charge >= 0.3 is 0 Å². The van der Waals surface area contributed by atoms with Gasteiger partial charge in [-0.1, -0.05) is 22.0 Å². The minimum Gasteiger partial charge on any atom is -0.368 e. The minimum atomic E-state index is -0.346. The van der Waals surface area contributed by atoms with E-state index in [9.17, 15) is 4.79 Å². The summed E-state index contributed by atoms with van der Waals surface area (Å²) in [6.45, 7) is 0.654. The van der Waals surface area contributed by atoms with Crippen molar-refractivity contribution < 1.29 is 9.53 Å². The summed E-state index contributed by atoms with van der Waals surface area (Å²) in [6, 6.07) is 11.5. The monoisotopic (exact) mass is 361 g/mol. The molecule has 0 saturated carbocycles. The van der Waals surface area contributed by atoms with Crippen molar-refractivity contribution in [3.8, 4) is 0 Å². The first-order chi connectivity index (χ1) is 10.7. The molecule has 1 saturated heterocycles. The van der Waals surface area contributed by atoms with E-state index in [1.54, 1.807) is 12.3 Å². The number of amides is 1. The topological polar surface area (TPSA) is 63.2 Å². The van der Waals surface area contributed by atoms with E-state index in [0.29, 0.717) is 12.4 Å². The molecule has 5 nitrogen and oxygen atoms in total. The summed E-state index contributed by atoms with van der Waals surface area (Å²) in [7, 11) is 0. The molecule has 1 aliphatic heterocycles. The van der Waals surface area contributed by atoms with E-state index >= 15 is 0 Å². The maximum Gasteiger partial charge on any atom is 0.254 e. The normalized spacial score (nSPS) is 17.2. The Kier molecular flexibility index (Phi) is 4.70. The Bertz CT molecular complexity index is 655. The van der Waals surface area contributed by atoms with Crippen LogP contribution in [0.5, 0.6) is 0 Å². The third kappa shape index (κ3) is 3.84. The van der Waals surface area contributed by atoms with Crippen LogP contribution >= 0.6 is 15.9 Å². The lowest BCUT2D eigenvalue weighted by Gasteiger charge is -2.11. The number of carbonyl (C=O) groups is 1. The second-order valence-electron chi connectivity index (χ2n) is 5.06. The Morgan fingerprint density at radius 1 is 1.27 bits per heavy atom. The minimum absolute atomic E-state index is 0.127. The quantitative estimate of drug-likeness (QED) is 0.871. The average Bonchev–Trinajstić information content (AvgIpc) is 3.04. The maximum absolute atomic E-state index is 11.9. The molecule has 1 amide bonds. The summed E-state index contributed by atoms with van der Waals surface area (Å²) in [5, 5.41) is 6.02. The van der Waals surface area contributed by atoms with Crippen LogP contribution in [-0.4, -0.2) is 23.6 Å². The molecule has 1 aliphatic rings. The highest BCUT2D eigenvalue weighted by Crippen LogP contribution is 2.21. The molecular weight excluding hydrogens is 346 g/mol. The number of pyridine rings is 1. The first-order valence-corrected chi connectivity index (χ1v) is 7.91. The molecule has 0 radical (unpaired) electrons. The molecular formula is C16H16BrN3O2. The number of rotatable bonds is 4. The van der Waals surface area contributed by atoms with Crippen molar-refractivity contribution in [1.29, 1.82) is 0 Å². The lowest BCUT2D eigenvalue weighted by molar-refractivity contribution is -0.124. The standard InChI is InChI=1S/C16H16BrN3O2/c17-11-3-1-4-12(9-11)19-13-6-7-15(18-10-13)20-16(21)14-5-2-8-22-14/h1,3-4,6-7,9-10,14,19H,2,5,8H2,(H,18,20,21). The summed E-state index contributed by atoms with van der Waals surface area (Å²) in [5.41, 5.74) is 1.82. The Balaban J connectivity index is 1.61. The van der Waals surface area contributed by atoms with Crippen molar-refractivity contribution in [3.63, 3.8) is 0 Å². The molecule has 1 atom stereocenters. The molecule has 1 aromatic carbocycles. The molecule has 6 heteroatoms. The van der Waals surface area contributed by atoms with Crippen LogP contribution in [0.1, 0.15) is 12.8 Å². The number of anilines is 3. The van der Waals surface area contributed by atoms with E-state index < -0.39 is 0 Å². The lowest BCUT2D eigenvalue weighted by atomic mass is 10.2. The van der Waals surface area contributed by atoms with Gasteiger partial charge in [0.2, 0.25) is 0 Å². The van der Waals surface area contributed by atoms with Gasteiger partial charge < -0.3 is 15.4 Å². The van der Waals surface area contributed by atoms with Gasteiger partial charge in [-0.2, -0.15) is 0 Å². The Morgan fingerprint density at radius 2 is 2.18 bits per heavy atom. The van der Waals surface area contributed by atoms with E-state index in [4.69, 9.17) is 4.74 Å². The Morgan fingerprint density at radius 3 is 2.86 bits per heavy atom. The zero-order valence-corrected chi connectivity index (χ0v) is 13.5. The number of hydrogen-bond acceptors (Lipinski definition) is 4. The lowest BCUT2D eigenvalue weighted by Crippen LogP contribution is -2.27. The fourth-order valence-corrected chi connectivity index (χ4v) is 2.67. The van der Waals surface area contributed by atoms with Crippen molar-refractivity contribution in [2.75, 3.05) is 17.2 Å². The van der Waals surface area contributed by atoms with Gasteiger partial charge in [0.25, 0.3) is 5.91 Å². The van der Waals surface area contributed by atoms with Crippen LogP contribution in [0.25, 0.3) is 0 Å². The predicted octanol–water partition coefficient (Wildman–Crippen LogP) is 3.71. The predicted molar refractivity (Wildman–Crippen MR) is 89.3 cm³/mol. The molecule has 2 aromatic rings. The molecule has 1 unspecified atom stereocenters. The van der Waals surface area contributed by atoms with E-state index in [1.807, 2.05) is 30.3 Å². The third-order valence-electron chi connectivity index (χ3n) is 3.35. The first kappa shape index (κ1) is 15.0. The Labute approximate surface area is 137 Å². The molecule has 0 spiro atoms. The smallest absolute Gasteiger partial charge is 0.254 e. The number of nitrogens with one attached hydrogen (secondary N) is 2. The highest BCUT2D eigenvalue weighted by atomic mass is 79.9. The van der Waals surface area contributed by atoms with Crippen LogP contribution < -0.4 is 10.6 Å². The number of halogens is 1. The van der Waals surface area contributed by atoms with E-state index in [1.165, 1.54) is 0 Å². The van der Waals surface area contributed by atoms with Crippen LogP contribution in [0.2, 0.25) is 0 Å². The first-order valence-electron chi connectivity index (χ1n) is 7.12. The van der Waals surface area contributed by atoms with Gasteiger partial charge in [0.05, 0.1) is 11.9 Å². The Hall–Kier alpha value is -1.92. The van der Waals surface area contributed by atoms with E-state index in [0.717, 1.165) is 28.7 Å². The fraction of sp³-hybridized carbons (Fsp3) is 0.250. The van der Waals surface area contributed by atoms with Gasteiger partial charge in [0.1, 0.15) is 11.9 Å². The van der Waals surface area contributed by atoms with Crippen LogP contribution in [0.15, 0.2) is 47.1 Å². The highest BCUT2D eigenvalue weighted by molar-refractivity contribution is 9.10. The zero-order valence-electron chi connectivity index (χ0n) is 11.9. The number of nitrogens with zero attached hydrogens (tertiary/aromatic N) is 1.